The maximum absolute atomic E-state index is 13.6. The molecule has 2 aliphatic rings. The van der Waals surface area contributed by atoms with E-state index in [9.17, 15) is 33.6 Å². The first-order valence-electron chi connectivity index (χ1n) is 22.3. The highest BCUT2D eigenvalue weighted by atomic mass is 16.6. The first-order valence-corrected chi connectivity index (χ1v) is 22.3. The SMILES string of the molecule is CC.CC1CCN(C(=O)CC#N)CC1N(C)c1ncnc2c1ccn2C(=O)N(C)CCN(C)C(=O)OCc1ccc(NC(=O)CNC(=O)C2CCCN2C(=O)C(N)CC(N)=O)cc1.CCC. The van der Waals surface area contributed by atoms with Gasteiger partial charge in [-0.05, 0) is 48.9 Å². The third kappa shape index (κ3) is 14.6. The largest absolute Gasteiger partial charge is 0.445 e. The van der Waals surface area contributed by atoms with Crippen LogP contribution in [0.4, 0.5) is 21.1 Å². The Morgan fingerprint density at radius 1 is 0.970 bits per heavy atom. The summed E-state index contributed by atoms with van der Waals surface area (Å²) in [6.45, 7) is 11.7. The van der Waals surface area contributed by atoms with E-state index in [-0.39, 0.29) is 63.0 Å². The van der Waals surface area contributed by atoms with Crippen molar-refractivity contribution in [3.63, 3.8) is 0 Å². The molecule has 7 amide bonds. The maximum Gasteiger partial charge on any atom is 0.409 e. The van der Waals surface area contributed by atoms with Crippen LogP contribution in [-0.4, -0.2) is 154 Å². The summed E-state index contributed by atoms with van der Waals surface area (Å²) >= 11 is 0. The second kappa shape index (κ2) is 26.2. The minimum Gasteiger partial charge on any atom is -0.445 e. The van der Waals surface area contributed by atoms with Crippen LogP contribution in [0, 0.1) is 17.2 Å². The number of anilines is 2. The summed E-state index contributed by atoms with van der Waals surface area (Å²) in [4.78, 5) is 105. The molecule has 21 heteroatoms. The lowest BCUT2D eigenvalue weighted by atomic mass is 9.92. The van der Waals surface area contributed by atoms with E-state index in [0.717, 1.165) is 6.42 Å². The van der Waals surface area contributed by atoms with Gasteiger partial charge in [0.05, 0.1) is 36.5 Å². The van der Waals surface area contributed by atoms with Crippen molar-refractivity contribution in [1.29, 1.82) is 5.26 Å². The molecule has 1 aromatic carbocycles. The van der Waals surface area contributed by atoms with Gasteiger partial charge in [-0.3, -0.25) is 28.5 Å². The van der Waals surface area contributed by atoms with Crippen LogP contribution >= 0.6 is 0 Å². The molecule has 5 rings (SSSR count). The zero-order valence-corrected chi connectivity index (χ0v) is 39.5. The molecule has 0 bridgehead atoms. The van der Waals surface area contributed by atoms with Gasteiger partial charge in [0.25, 0.3) is 0 Å². The number of piperidine rings is 1. The van der Waals surface area contributed by atoms with Crippen molar-refractivity contribution in [2.24, 2.45) is 17.4 Å². The second-order valence-electron chi connectivity index (χ2n) is 16.1. The predicted molar refractivity (Wildman–Crippen MR) is 248 cm³/mol. The summed E-state index contributed by atoms with van der Waals surface area (Å²) in [7, 11) is 5.07. The van der Waals surface area contributed by atoms with Crippen LogP contribution in [-0.2, 0) is 35.3 Å². The third-order valence-electron chi connectivity index (χ3n) is 11.0. The van der Waals surface area contributed by atoms with Crippen molar-refractivity contribution in [2.75, 3.05) is 70.6 Å². The molecule has 66 heavy (non-hydrogen) atoms. The maximum atomic E-state index is 13.6. The van der Waals surface area contributed by atoms with E-state index in [2.05, 4.69) is 41.4 Å². The van der Waals surface area contributed by atoms with Gasteiger partial charge in [-0.2, -0.15) is 5.26 Å². The molecule has 4 heterocycles. The Labute approximate surface area is 386 Å². The van der Waals surface area contributed by atoms with Crippen LogP contribution < -0.4 is 27.0 Å². The van der Waals surface area contributed by atoms with Gasteiger partial charge in [0, 0.05) is 65.8 Å². The van der Waals surface area contributed by atoms with Crippen LogP contribution in [0.15, 0.2) is 42.9 Å². The monoisotopic (exact) mass is 918 g/mol. The molecule has 2 aromatic heterocycles. The number of carbonyl (C=O) groups excluding carboxylic acids is 7. The Morgan fingerprint density at radius 3 is 2.29 bits per heavy atom. The van der Waals surface area contributed by atoms with E-state index in [1.54, 1.807) is 55.5 Å². The number of ether oxygens (including phenoxy) is 1. The van der Waals surface area contributed by atoms with Crippen LogP contribution in [0.5, 0.6) is 0 Å². The Hall–Kier alpha value is -6.82. The number of hydrogen-bond acceptors (Lipinski definition) is 13. The van der Waals surface area contributed by atoms with Crippen LogP contribution in [0.3, 0.4) is 0 Å². The number of nitrogens with two attached hydrogens (primary N) is 2. The zero-order chi connectivity index (χ0) is 49.1. The summed E-state index contributed by atoms with van der Waals surface area (Å²) in [5.41, 5.74) is 12.4. The highest BCUT2D eigenvalue weighted by molar-refractivity contribution is 5.97. The van der Waals surface area contributed by atoms with E-state index in [1.165, 1.54) is 32.0 Å². The van der Waals surface area contributed by atoms with Gasteiger partial charge >= 0.3 is 12.1 Å². The van der Waals surface area contributed by atoms with Crippen LogP contribution in [0.2, 0.25) is 0 Å². The lowest BCUT2D eigenvalue weighted by molar-refractivity contribution is -0.140. The lowest BCUT2D eigenvalue weighted by Gasteiger charge is -2.42. The van der Waals surface area contributed by atoms with Crippen LogP contribution in [0.1, 0.15) is 78.7 Å². The minimum absolute atomic E-state index is 0.0540. The summed E-state index contributed by atoms with van der Waals surface area (Å²) in [5.74, 6) is -1.62. The number of amides is 7. The van der Waals surface area contributed by atoms with E-state index in [4.69, 9.17) is 21.5 Å². The van der Waals surface area contributed by atoms with Crippen molar-refractivity contribution in [3.8, 4) is 6.07 Å². The molecule has 0 aliphatic carbocycles. The zero-order valence-electron chi connectivity index (χ0n) is 39.5. The Kier molecular flexibility index (Phi) is 21.3. The molecule has 21 nitrogen and oxygen atoms in total. The third-order valence-corrected chi connectivity index (χ3v) is 11.0. The van der Waals surface area contributed by atoms with Gasteiger partial charge in [-0.25, -0.2) is 19.6 Å². The van der Waals surface area contributed by atoms with E-state index in [0.29, 0.717) is 60.6 Å². The number of fused-ring (bicyclic) bond motifs is 1. The number of nitrogens with zero attached hydrogens (tertiary/aromatic N) is 9. The highest BCUT2D eigenvalue weighted by Gasteiger charge is 2.37. The molecule has 3 aromatic rings. The number of nitriles is 1. The van der Waals surface area contributed by atoms with Crippen molar-refractivity contribution >= 4 is 64.2 Å². The Bertz CT molecular complexity index is 2180. The normalized spacial score (nSPS) is 16.8. The van der Waals surface area contributed by atoms with Gasteiger partial charge < -0.3 is 51.3 Å². The lowest BCUT2D eigenvalue weighted by Crippen LogP contribution is -2.52. The molecule has 2 saturated heterocycles. The van der Waals surface area contributed by atoms with Crippen molar-refractivity contribution in [3.05, 3.63) is 48.4 Å². The van der Waals surface area contributed by atoms with Gasteiger partial charge in [-0.1, -0.05) is 53.2 Å². The number of likely N-dealkylation sites (tertiary alicyclic amines) is 2. The van der Waals surface area contributed by atoms with E-state index < -0.39 is 41.8 Å². The predicted octanol–water partition coefficient (Wildman–Crippen LogP) is 2.88. The molecular weight excluding hydrogens is 851 g/mol. The van der Waals surface area contributed by atoms with Crippen molar-refractivity contribution in [1.82, 2.24) is 39.5 Å². The fourth-order valence-corrected chi connectivity index (χ4v) is 7.41. The summed E-state index contributed by atoms with van der Waals surface area (Å²) in [5, 5.41) is 14.9. The highest BCUT2D eigenvalue weighted by Crippen LogP contribution is 2.30. The smallest absolute Gasteiger partial charge is 0.409 e. The number of likely N-dealkylation sites (N-methyl/N-ethyl adjacent to an activating group) is 3. The summed E-state index contributed by atoms with van der Waals surface area (Å²) in [6, 6.07) is 7.89. The fourth-order valence-electron chi connectivity index (χ4n) is 7.41. The standard InChI is InChI=1S/C40H53N13O8.C3H8.C2H6/c1-25-12-16-51(34(56)11-14-41)22-31(25)50(4)35-28-13-17-53(36(28)46-24-45-35)39(59)48(2)18-19-49(3)40(60)61-23-26-7-9-27(10-8-26)47-33(55)21-44-37(57)30-6-5-15-52(30)38(58)29(42)20-32(43)54;1-3-2;1-2/h7-10,13,17,24-25,29-31H,5-6,11-12,15-16,18-23,42H2,1-4H3,(H2,43,54)(H,44,57)(H,47,55);3H2,1-2H3;1-2H3. The van der Waals surface area contributed by atoms with Crippen molar-refractivity contribution in [2.45, 2.75) is 97.9 Å². The number of rotatable bonds is 15. The average Bonchev–Trinajstić information content (AvgIpc) is 3.98. The second-order valence-corrected chi connectivity index (χ2v) is 16.1. The molecule has 0 saturated carbocycles. The number of primary amides is 1. The molecule has 0 radical (unpaired) electrons. The first-order chi connectivity index (χ1) is 31.5. The van der Waals surface area contributed by atoms with Gasteiger partial charge in [0.15, 0.2) is 5.65 Å². The number of carbonyl (C=O) groups is 7. The van der Waals surface area contributed by atoms with Gasteiger partial charge in [0.2, 0.25) is 29.5 Å². The number of hydrogen-bond donors (Lipinski definition) is 4. The quantitative estimate of drug-likeness (QED) is 0.171. The molecule has 6 N–H and O–H groups in total. The molecule has 4 atom stereocenters. The van der Waals surface area contributed by atoms with Crippen molar-refractivity contribution < 1.29 is 38.3 Å². The molecule has 4 unspecified atom stereocenters. The number of benzene rings is 1. The molecule has 2 aliphatic heterocycles. The fraction of sp³-hybridized carbons (Fsp3) is 0.556. The van der Waals surface area contributed by atoms with E-state index >= 15 is 0 Å². The molecule has 360 valence electrons. The summed E-state index contributed by atoms with van der Waals surface area (Å²) in [6.07, 6.45) is 4.90. The topological polar surface area (TPSA) is 276 Å². The molecule has 2 fully saturated rings. The van der Waals surface area contributed by atoms with E-state index in [1.807, 2.05) is 31.9 Å². The van der Waals surface area contributed by atoms with Gasteiger partial charge in [-0.15, -0.1) is 0 Å². The molecule has 0 spiro atoms. The minimum atomic E-state index is -1.15. The average molecular weight is 918 g/mol. The Morgan fingerprint density at radius 2 is 1.64 bits per heavy atom. The van der Waals surface area contributed by atoms with Gasteiger partial charge in [0.1, 0.15) is 31.2 Å². The molecular formula is C45H67N13O8. The number of aromatic nitrogens is 3. The first kappa shape index (κ1) is 53.5. The Balaban J connectivity index is 0.00000222. The summed E-state index contributed by atoms with van der Waals surface area (Å²) < 4.78 is 6.88. The van der Waals surface area contributed by atoms with Crippen LogP contribution in [0.25, 0.3) is 11.0 Å². The number of nitrogens with one attached hydrogen (secondary N) is 2.